The summed E-state index contributed by atoms with van der Waals surface area (Å²) in [6, 6.07) is 3.40. The summed E-state index contributed by atoms with van der Waals surface area (Å²) >= 11 is 0. The van der Waals surface area contributed by atoms with Gasteiger partial charge in [-0.15, -0.1) is 0 Å². The summed E-state index contributed by atoms with van der Waals surface area (Å²) in [6.07, 6.45) is -0.852. The van der Waals surface area contributed by atoms with Crippen LogP contribution >= 0.6 is 0 Å². The number of carbonyl (C=O) groups is 2. The van der Waals surface area contributed by atoms with Gasteiger partial charge in [0.2, 0.25) is 5.91 Å². The van der Waals surface area contributed by atoms with Crippen molar-refractivity contribution in [2.75, 3.05) is 11.4 Å². The molecule has 0 radical (unpaired) electrons. The first-order chi connectivity index (χ1) is 8.90. The Morgan fingerprint density at radius 3 is 2.63 bits per heavy atom. The average molecular weight is 266 g/mol. The standard InChI is InChI=1S/C11H10N2O6/c14-7-4-10(15)12(5-7)6-1-2-9(13(18)19)8(3-6)11(16)17/h1-3,7,14H,4-5H2,(H,16,17). The van der Waals surface area contributed by atoms with Crippen LogP contribution in [-0.2, 0) is 4.79 Å². The lowest BCUT2D eigenvalue weighted by atomic mass is 10.1. The third kappa shape index (κ3) is 2.38. The topological polar surface area (TPSA) is 121 Å². The van der Waals surface area contributed by atoms with Gasteiger partial charge in [0.15, 0.2) is 0 Å². The number of β-amino-alcohol motifs (C(OH)–C–C–N with tert-alkyl or cyclic N) is 1. The maximum atomic E-state index is 11.6. The number of nitro benzene ring substituents is 1. The number of amides is 1. The summed E-state index contributed by atoms with van der Waals surface area (Å²) < 4.78 is 0. The molecule has 1 aromatic rings. The molecule has 1 aromatic carbocycles. The van der Waals surface area contributed by atoms with Crippen molar-refractivity contribution in [1.29, 1.82) is 0 Å². The molecule has 8 nitrogen and oxygen atoms in total. The molecule has 1 atom stereocenters. The SMILES string of the molecule is O=C(O)c1cc(N2CC(O)CC2=O)ccc1[N+](=O)[O-]. The first-order valence-corrected chi connectivity index (χ1v) is 5.40. The minimum atomic E-state index is -1.44. The van der Waals surface area contributed by atoms with Gasteiger partial charge in [-0.1, -0.05) is 0 Å². The van der Waals surface area contributed by atoms with Gasteiger partial charge in [-0.3, -0.25) is 14.9 Å². The molecule has 1 amide bonds. The van der Waals surface area contributed by atoms with E-state index in [2.05, 4.69) is 0 Å². The average Bonchev–Trinajstić information content (AvgIpc) is 2.67. The van der Waals surface area contributed by atoms with Gasteiger partial charge in [0.05, 0.1) is 24.0 Å². The Kier molecular flexibility index (Phi) is 3.17. The van der Waals surface area contributed by atoms with Crippen molar-refractivity contribution < 1.29 is 24.7 Å². The predicted molar refractivity (Wildman–Crippen MR) is 63.0 cm³/mol. The molecule has 8 heteroatoms. The van der Waals surface area contributed by atoms with Crippen molar-refractivity contribution in [3.05, 3.63) is 33.9 Å². The highest BCUT2D eigenvalue weighted by Crippen LogP contribution is 2.27. The van der Waals surface area contributed by atoms with Gasteiger partial charge in [0, 0.05) is 11.8 Å². The zero-order valence-corrected chi connectivity index (χ0v) is 9.65. The number of aliphatic hydroxyl groups is 1. The molecule has 1 unspecified atom stereocenters. The molecule has 100 valence electrons. The number of benzene rings is 1. The zero-order chi connectivity index (χ0) is 14.2. The van der Waals surface area contributed by atoms with E-state index in [1.807, 2.05) is 0 Å². The van der Waals surface area contributed by atoms with Gasteiger partial charge in [0.1, 0.15) is 5.56 Å². The van der Waals surface area contributed by atoms with Gasteiger partial charge in [-0.2, -0.15) is 0 Å². The van der Waals surface area contributed by atoms with E-state index in [4.69, 9.17) is 5.11 Å². The fourth-order valence-electron chi connectivity index (χ4n) is 1.96. The van der Waals surface area contributed by atoms with E-state index in [0.29, 0.717) is 0 Å². The van der Waals surface area contributed by atoms with Crippen LogP contribution in [0.4, 0.5) is 11.4 Å². The molecular formula is C11H10N2O6. The minimum Gasteiger partial charge on any atom is -0.477 e. The highest BCUT2D eigenvalue weighted by molar-refractivity contribution is 5.99. The van der Waals surface area contributed by atoms with Crippen molar-refractivity contribution in [3.8, 4) is 0 Å². The van der Waals surface area contributed by atoms with Gasteiger partial charge in [-0.05, 0) is 12.1 Å². The Balaban J connectivity index is 2.44. The molecule has 2 N–H and O–H groups in total. The number of carboxylic acids is 1. The number of aliphatic hydroxyl groups excluding tert-OH is 1. The number of carboxylic acid groups (broad SMARTS) is 1. The van der Waals surface area contributed by atoms with E-state index in [0.717, 1.165) is 12.1 Å². The van der Waals surface area contributed by atoms with Crippen LogP contribution in [0.5, 0.6) is 0 Å². The second kappa shape index (κ2) is 4.65. The second-order valence-corrected chi connectivity index (χ2v) is 4.13. The predicted octanol–water partition coefficient (Wildman–Crippen LogP) is 0.391. The van der Waals surface area contributed by atoms with Crippen LogP contribution in [0.3, 0.4) is 0 Å². The van der Waals surface area contributed by atoms with Crippen molar-refractivity contribution in [1.82, 2.24) is 0 Å². The molecule has 0 bridgehead atoms. The third-order valence-electron chi connectivity index (χ3n) is 2.82. The number of hydrogen-bond acceptors (Lipinski definition) is 5. The highest BCUT2D eigenvalue weighted by atomic mass is 16.6. The number of aromatic carboxylic acids is 1. The van der Waals surface area contributed by atoms with Gasteiger partial charge >= 0.3 is 5.97 Å². The van der Waals surface area contributed by atoms with Crippen LogP contribution in [0.25, 0.3) is 0 Å². The maximum Gasteiger partial charge on any atom is 0.342 e. The molecule has 1 saturated heterocycles. The number of nitrogens with zero attached hydrogens (tertiary/aromatic N) is 2. The molecule has 0 saturated carbocycles. The fourth-order valence-corrected chi connectivity index (χ4v) is 1.96. The summed E-state index contributed by atoms with van der Waals surface area (Å²) in [5.41, 5.74) is -0.801. The lowest BCUT2D eigenvalue weighted by Crippen LogP contribution is -2.25. The summed E-state index contributed by atoms with van der Waals surface area (Å²) in [4.78, 5) is 33.7. The molecule has 19 heavy (non-hydrogen) atoms. The van der Waals surface area contributed by atoms with Crippen molar-refractivity contribution in [3.63, 3.8) is 0 Å². The Morgan fingerprint density at radius 2 is 2.16 bits per heavy atom. The van der Waals surface area contributed by atoms with E-state index in [9.17, 15) is 24.8 Å². The van der Waals surface area contributed by atoms with E-state index >= 15 is 0 Å². The first-order valence-electron chi connectivity index (χ1n) is 5.40. The molecule has 0 spiro atoms. The summed E-state index contributed by atoms with van der Waals surface area (Å²) in [7, 11) is 0. The van der Waals surface area contributed by atoms with Crippen molar-refractivity contribution in [2.45, 2.75) is 12.5 Å². The van der Waals surface area contributed by atoms with Crippen molar-refractivity contribution in [2.24, 2.45) is 0 Å². The number of hydrogen-bond donors (Lipinski definition) is 2. The van der Waals surface area contributed by atoms with E-state index in [-0.39, 0.29) is 24.6 Å². The monoisotopic (exact) mass is 266 g/mol. The molecular weight excluding hydrogens is 256 g/mol. The van der Waals surface area contributed by atoms with E-state index in [1.165, 1.54) is 11.0 Å². The Labute approximate surface area is 107 Å². The largest absolute Gasteiger partial charge is 0.477 e. The molecule has 2 rings (SSSR count). The molecule has 0 aliphatic carbocycles. The Hall–Kier alpha value is -2.48. The first kappa shape index (κ1) is 13.0. The molecule has 1 aliphatic heterocycles. The Bertz CT molecular complexity index is 570. The van der Waals surface area contributed by atoms with Crippen molar-refractivity contribution >= 4 is 23.3 Å². The normalized spacial score (nSPS) is 18.7. The quantitative estimate of drug-likeness (QED) is 0.603. The minimum absolute atomic E-state index is 0.0423. The fraction of sp³-hybridized carbons (Fsp3) is 0.273. The molecule has 0 aromatic heterocycles. The molecule has 1 aliphatic rings. The lowest BCUT2D eigenvalue weighted by Gasteiger charge is -2.16. The third-order valence-corrected chi connectivity index (χ3v) is 2.82. The van der Waals surface area contributed by atoms with Crippen LogP contribution in [0.1, 0.15) is 16.8 Å². The van der Waals surface area contributed by atoms with Crippen LogP contribution in [0.15, 0.2) is 18.2 Å². The number of carbonyl (C=O) groups excluding carboxylic acids is 1. The van der Waals surface area contributed by atoms with Crippen LogP contribution in [0.2, 0.25) is 0 Å². The smallest absolute Gasteiger partial charge is 0.342 e. The zero-order valence-electron chi connectivity index (χ0n) is 9.65. The summed E-state index contributed by atoms with van der Waals surface area (Å²) in [5.74, 6) is -1.79. The van der Waals surface area contributed by atoms with Crippen LogP contribution < -0.4 is 4.90 Å². The molecule has 1 heterocycles. The number of nitro groups is 1. The number of anilines is 1. The lowest BCUT2D eigenvalue weighted by molar-refractivity contribution is -0.385. The van der Waals surface area contributed by atoms with Crippen LogP contribution in [0, 0.1) is 10.1 Å². The Morgan fingerprint density at radius 1 is 1.47 bits per heavy atom. The summed E-state index contributed by atoms with van der Waals surface area (Å²) in [5, 5.41) is 29.0. The maximum absolute atomic E-state index is 11.6. The number of rotatable bonds is 3. The highest BCUT2D eigenvalue weighted by Gasteiger charge is 2.30. The second-order valence-electron chi connectivity index (χ2n) is 4.13. The molecule has 1 fully saturated rings. The van der Waals surface area contributed by atoms with Gasteiger partial charge < -0.3 is 15.1 Å². The van der Waals surface area contributed by atoms with E-state index in [1.54, 1.807) is 0 Å². The summed E-state index contributed by atoms with van der Waals surface area (Å²) in [6.45, 7) is 0.0513. The van der Waals surface area contributed by atoms with E-state index < -0.39 is 28.2 Å². The van der Waals surface area contributed by atoms with Crippen LogP contribution in [-0.4, -0.2) is 39.7 Å². The van der Waals surface area contributed by atoms with Gasteiger partial charge in [0.25, 0.3) is 5.69 Å². The van der Waals surface area contributed by atoms with Gasteiger partial charge in [-0.25, -0.2) is 4.79 Å².